The average molecular weight is 422 g/mol. The van der Waals surface area contributed by atoms with Gasteiger partial charge in [-0.2, -0.15) is 0 Å². The van der Waals surface area contributed by atoms with Crippen molar-refractivity contribution in [2.45, 2.75) is 11.4 Å². The van der Waals surface area contributed by atoms with E-state index in [9.17, 15) is 17.6 Å². The lowest BCUT2D eigenvalue weighted by atomic mass is 10.2. The van der Waals surface area contributed by atoms with Crippen LogP contribution in [0, 0.1) is 5.82 Å². The molecule has 0 aliphatic carbocycles. The summed E-state index contributed by atoms with van der Waals surface area (Å²) < 4.78 is 50.2. The zero-order valence-electron chi connectivity index (χ0n) is 16.6. The topological polar surface area (TPSA) is 84.9 Å². The molecule has 1 amide bonds. The number of hydrogen-bond acceptors (Lipinski definition) is 5. The van der Waals surface area contributed by atoms with Crippen LogP contribution in [0.5, 0.6) is 11.5 Å². The number of nitrogens with one attached hydrogen (secondary N) is 1. The molecule has 9 heteroatoms. The Morgan fingerprint density at radius 2 is 1.79 bits per heavy atom. The van der Waals surface area contributed by atoms with Crippen LogP contribution in [0.1, 0.15) is 11.1 Å². The van der Waals surface area contributed by atoms with Crippen LogP contribution in [0.4, 0.5) is 4.39 Å². The molecule has 156 valence electrons. The molecule has 0 bridgehead atoms. The molecule has 0 radical (unpaired) electrons. The van der Waals surface area contributed by atoms with Crippen molar-refractivity contribution in [3.05, 3.63) is 59.4 Å². The largest absolute Gasteiger partial charge is 0.495 e. The van der Waals surface area contributed by atoms with Crippen molar-refractivity contribution in [2.75, 3.05) is 28.3 Å². The summed E-state index contributed by atoms with van der Waals surface area (Å²) in [5.41, 5.74) is 1.12. The fraction of sp³-hybridized carbons (Fsp3) is 0.250. The van der Waals surface area contributed by atoms with E-state index in [2.05, 4.69) is 4.72 Å². The second-order valence-electron chi connectivity index (χ2n) is 6.11. The van der Waals surface area contributed by atoms with Crippen LogP contribution in [-0.4, -0.2) is 47.5 Å². The molecule has 0 unspecified atom stereocenters. The molecular weight excluding hydrogens is 399 g/mol. The standard InChI is InChI=1S/C20H23FN2O5S/c1-22-29(25,26)19-12-14(5-9-18(19)28-4)7-10-20(24)23(2)13-15-6-8-17(27-3)16(21)11-15/h5-12,22H,13H2,1-4H3. The van der Waals surface area contributed by atoms with Crippen molar-refractivity contribution in [2.24, 2.45) is 0 Å². The van der Waals surface area contributed by atoms with Gasteiger partial charge in [0.1, 0.15) is 10.6 Å². The van der Waals surface area contributed by atoms with Gasteiger partial charge in [0.25, 0.3) is 0 Å². The Bertz CT molecular complexity index is 1020. The van der Waals surface area contributed by atoms with Gasteiger partial charge in [-0.25, -0.2) is 17.5 Å². The Labute approximate surface area is 169 Å². The number of carbonyl (C=O) groups is 1. The van der Waals surface area contributed by atoms with Crippen LogP contribution in [0.3, 0.4) is 0 Å². The molecule has 2 aromatic carbocycles. The number of benzene rings is 2. The molecule has 0 heterocycles. The molecule has 0 atom stereocenters. The molecule has 0 aliphatic rings. The van der Waals surface area contributed by atoms with Crippen molar-refractivity contribution in [1.82, 2.24) is 9.62 Å². The number of nitrogens with zero attached hydrogens (tertiary/aromatic N) is 1. The summed E-state index contributed by atoms with van der Waals surface area (Å²) >= 11 is 0. The zero-order valence-corrected chi connectivity index (χ0v) is 17.4. The second-order valence-corrected chi connectivity index (χ2v) is 7.97. The highest BCUT2D eigenvalue weighted by Gasteiger charge is 2.18. The molecular formula is C20H23FN2O5S. The van der Waals surface area contributed by atoms with Crippen LogP contribution < -0.4 is 14.2 Å². The van der Waals surface area contributed by atoms with E-state index in [4.69, 9.17) is 9.47 Å². The highest BCUT2D eigenvalue weighted by Crippen LogP contribution is 2.25. The van der Waals surface area contributed by atoms with E-state index >= 15 is 0 Å². The summed E-state index contributed by atoms with van der Waals surface area (Å²) in [6, 6.07) is 9.04. The lowest BCUT2D eigenvalue weighted by Gasteiger charge is -2.16. The van der Waals surface area contributed by atoms with Crippen molar-refractivity contribution >= 4 is 22.0 Å². The minimum absolute atomic E-state index is 0.0286. The SMILES string of the molecule is CNS(=O)(=O)c1cc(C=CC(=O)N(C)Cc2ccc(OC)c(F)c2)ccc1OC. The number of rotatable bonds is 8. The van der Waals surface area contributed by atoms with E-state index in [0.29, 0.717) is 11.1 Å². The third kappa shape index (κ3) is 5.55. The summed E-state index contributed by atoms with van der Waals surface area (Å²) in [5.74, 6) is -0.496. The van der Waals surface area contributed by atoms with E-state index < -0.39 is 15.8 Å². The summed E-state index contributed by atoms with van der Waals surface area (Å²) in [6.07, 6.45) is 2.82. The van der Waals surface area contributed by atoms with Crippen molar-refractivity contribution in [3.63, 3.8) is 0 Å². The molecule has 7 nitrogen and oxygen atoms in total. The van der Waals surface area contributed by atoms with Crippen LogP contribution in [0.15, 0.2) is 47.4 Å². The smallest absolute Gasteiger partial charge is 0.246 e. The van der Waals surface area contributed by atoms with Gasteiger partial charge in [-0.15, -0.1) is 0 Å². The number of halogens is 1. The molecule has 0 fully saturated rings. The van der Waals surface area contributed by atoms with E-state index in [1.54, 1.807) is 19.2 Å². The number of ether oxygens (including phenoxy) is 2. The average Bonchev–Trinajstić information content (AvgIpc) is 2.71. The van der Waals surface area contributed by atoms with E-state index in [0.717, 1.165) is 0 Å². The Morgan fingerprint density at radius 1 is 1.14 bits per heavy atom. The van der Waals surface area contributed by atoms with Crippen molar-refractivity contribution in [1.29, 1.82) is 0 Å². The van der Waals surface area contributed by atoms with Gasteiger partial charge in [0.15, 0.2) is 11.6 Å². The van der Waals surface area contributed by atoms with Gasteiger partial charge in [0.2, 0.25) is 15.9 Å². The third-order valence-electron chi connectivity index (χ3n) is 4.18. The van der Waals surface area contributed by atoms with Gasteiger partial charge in [-0.1, -0.05) is 12.1 Å². The summed E-state index contributed by atoms with van der Waals surface area (Å²) in [4.78, 5) is 13.7. The van der Waals surface area contributed by atoms with Crippen LogP contribution in [0.25, 0.3) is 6.08 Å². The minimum atomic E-state index is -3.72. The Morgan fingerprint density at radius 3 is 2.38 bits per heavy atom. The first-order chi connectivity index (χ1) is 13.7. The first kappa shape index (κ1) is 22.4. The van der Waals surface area contributed by atoms with E-state index in [-0.39, 0.29) is 28.8 Å². The Balaban J connectivity index is 2.15. The molecule has 0 saturated heterocycles. The predicted molar refractivity (Wildman–Crippen MR) is 108 cm³/mol. The number of likely N-dealkylation sites (N-methyl/N-ethyl adjacent to an activating group) is 1. The molecule has 2 rings (SSSR count). The highest BCUT2D eigenvalue weighted by atomic mass is 32.2. The molecule has 2 aromatic rings. The number of amides is 1. The fourth-order valence-corrected chi connectivity index (χ4v) is 3.50. The van der Waals surface area contributed by atoms with Gasteiger partial charge < -0.3 is 14.4 Å². The van der Waals surface area contributed by atoms with Crippen molar-refractivity contribution < 1.29 is 27.1 Å². The molecule has 0 aromatic heterocycles. The van der Waals surface area contributed by atoms with Gasteiger partial charge in [0.05, 0.1) is 14.2 Å². The number of methoxy groups -OCH3 is 2. The molecule has 0 spiro atoms. The van der Waals surface area contributed by atoms with Crippen LogP contribution in [0.2, 0.25) is 0 Å². The minimum Gasteiger partial charge on any atom is -0.495 e. The maximum absolute atomic E-state index is 13.8. The monoisotopic (exact) mass is 422 g/mol. The van der Waals surface area contributed by atoms with Crippen LogP contribution >= 0.6 is 0 Å². The zero-order chi connectivity index (χ0) is 21.6. The summed E-state index contributed by atoms with van der Waals surface area (Å²) in [6.45, 7) is 0.200. The molecule has 0 saturated carbocycles. The predicted octanol–water partition coefficient (Wildman–Crippen LogP) is 2.42. The van der Waals surface area contributed by atoms with E-state index in [1.807, 2.05) is 0 Å². The number of carbonyl (C=O) groups excluding carboxylic acids is 1. The first-order valence-electron chi connectivity index (χ1n) is 8.59. The van der Waals surface area contributed by atoms with Gasteiger partial charge in [-0.05, 0) is 48.5 Å². The van der Waals surface area contributed by atoms with Gasteiger partial charge in [0, 0.05) is 19.7 Å². The Hall–Kier alpha value is -2.91. The normalized spacial score (nSPS) is 11.5. The van der Waals surface area contributed by atoms with Gasteiger partial charge in [-0.3, -0.25) is 4.79 Å². The Kier molecular flexibility index (Phi) is 7.35. The molecule has 0 aliphatic heterocycles. The molecule has 1 N–H and O–H groups in total. The summed E-state index contributed by atoms with van der Waals surface area (Å²) in [5, 5.41) is 0. The lowest BCUT2D eigenvalue weighted by molar-refractivity contribution is -0.125. The first-order valence-corrected chi connectivity index (χ1v) is 10.1. The maximum atomic E-state index is 13.8. The number of sulfonamides is 1. The second kappa shape index (κ2) is 9.53. The molecule has 29 heavy (non-hydrogen) atoms. The lowest BCUT2D eigenvalue weighted by Crippen LogP contribution is -2.24. The fourth-order valence-electron chi connectivity index (χ4n) is 2.57. The summed E-state index contributed by atoms with van der Waals surface area (Å²) in [7, 11) is 1.92. The van der Waals surface area contributed by atoms with Crippen LogP contribution in [-0.2, 0) is 21.4 Å². The maximum Gasteiger partial charge on any atom is 0.246 e. The number of hydrogen-bond donors (Lipinski definition) is 1. The third-order valence-corrected chi connectivity index (χ3v) is 5.61. The van der Waals surface area contributed by atoms with Gasteiger partial charge >= 0.3 is 0 Å². The van der Waals surface area contributed by atoms with E-state index in [1.165, 1.54) is 62.6 Å². The quantitative estimate of drug-likeness (QED) is 0.661. The van der Waals surface area contributed by atoms with Crippen molar-refractivity contribution in [3.8, 4) is 11.5 Å². The highest BCUT2D eigenvalue weighted by molar-refractivity contribution is 7.89.